The predicted octanol–water partition coefficient (Wildman–Crippen LogP) is 0.843. The SMILES string of the molecule is Cn1cc(CCC(N)c2ncccn2)cn1. The van der Waals surface area contributed by atoms with E-state index >= 15 is 0 Å². The molecule has 1 atom stereocenters. The van der Waals surface area contributed by atoms with E-state index in [1.54, 1.807) is 23.1 Å². The monoisotopic (exact) mass is 217 g/mol. The molecule has 2 aromatic rings. The van der Waals surface area contributed by atoms with Gasteiger partial charge < -0.3 is 5.73 Å². The van der Waals surface area contributed by atoms with E-state index in [1.807, 2.05) is 19.4 Å². The summed E-state index contributed by atoms with van der Waals surface area (Å²) < 4.78 is 1.79. The highest BCUT2D eigenvalue weighted by atomic mass is 15.2. The van der Waals surface area contributed by atoms with Gasteiger partial charge in [-0.05, 0) is 24.5 Å². The predicted molar refractivity (Wildman–Crippen MR) is 60.5 cm³/mol. The molecule has 0 spiro atoms. The van der Waals surface area contributed by atoms with Crippen molar-refractivity contribution in [2.75, 3.05) is 0 Å². The number of nitrogens with zero attached hydrogens (tertiary/aromatic N) is 4. The summed E-state index contributed by atoms with van der Waals surface area (Å²) in [6, 6.07) is 1.68. The van der Waals surface area contributed by atoms with Crippen molar-refractivity contribution in [1.82, 2.24) is 19.7 Å². The summed E-state index contributed by atoms with van der Waals surface area (Å²) in [6.07, 6.45) is 9.01. The third-order valence-electron chi connectivity index (χ3n) is 2.42. The van der Waals surface area contributed by atoms with Crippen LogP contribution in [0, 0.1) is 0 Å². The molecule has 5 nitrogen and oxygen atoms in total. The van der Waals surface area contributed by atoms with E-state index in [1.165, 1.54) is 5.56 Å². The van der Waals surface area contributed by atoms with Gasteiger partial charge in [-0.1, -0.05) is 0 Å². The molecule has 0 aliphatic rings. The van der Waals surface area contributed by atoms with Gasteiger partial charge in [-0.2, -0.15) is 5.10 Å². The zero-order valence-electron chi connectivity index (χ0n) is 9.24. The highest BCUT2D eigenvalue weighted by Gasteiger charge is 2.08. The summed E-state index contributed by atoms with van der Waals surface area (Å²) in [7, 11) is 1.91. The van der Waals surface area contributed by atoms with Gasteiger partial charge in [0.15, 0.2) is 0 Å². The van der Waals surface area contributed by atoms with Gasteiger partial charge in [-0.25, -0.2) is 9.97 Å². The molecule has 0 aliphatic carbocycles. The lowest BCUT2D eigenvalue weighted by atomic mass is 10.1. The van der Waals surface area contributed by atoms with Crippen LogP contribution in [-0.2, 0) is 13.5 Å². The largest absolute Gasteiger partial charge is 0.321 e. The highest BCUT2D eigenvalue weighted by molar-refractivity contribution is 5.05. The van der Waals surface area contributed by atoms with E-state index in [0.717, 1.165) is 12.8 Å². The van der Waals surface area contributed by atoms with E-state index in [2.05, 4.69) is 15.1 Å². The van der Waals surface area contributed by atoms with Crippen LogP contribution in [0.25, 0.3) is 0 Å². The van der Waals surface area contributed by atoms with E-state index in [9.17, 15) is 0 Å². The minimum Gasteiger partial charge on any atom is -0.321 e. The number of aromatic nitrogens is 4. The fourth-order valence-electron chi connectivity index (χ4n) is 1.55. The van der Waals surface area contributed by atoms with Gasteiger partial charge in [-0.3, -0.25) is 4.68 Å². The van der Waals surface area contributed by atoms with Gasteiger partial charge in [0, 0.05) is 25.6 Å². The number of nitrogens with two attached hydrogens (primary N) is 1. The molecule has 0 saturated carbocycles. The van der Waals surface area contributed by atoms with Crippen molar-refractivity contribution in [3.8, 4) is 0 Å². The molecule has 0 fully saturated rings. The molecular formula is C11H15N5. The van der Waals surface area contributed by atoms with Crippen molar-refractivity contribution in [1.29, 1.82) is 0 Å². The van der Waals surface area contributed by atoms with E-state index in [-0.39, 0.29) is 6.04 Å². The molecule has 0 radical (unpaired) electrons. The summed E-state index contributed by atoms with van der Waals surface area (Å²) in [4.78, 5) is 8.28. The average molecular weight is 217 g/mol. The number of rotatable bonds is 4. The Labute approximate surface area is 94.3 Å². The maximum atomic E-state index is 6.00. The quantitative estimate of drug-likeness (QED) is 0.824. The Morgan fingerprint density at radius 1 is 1.38 bits per heavy atom. The number of aryl methyl sites for hydroxylation is 2. The molecule has 2 N–H and O–H groups in total. The first-order valence-electron chi connectivity index (χ1n) is 5.26. The summed E-state index contributed by atoms with van der Waals surface area (Å²) in [5, 5.41) is 4.11. The third-order valence-corrected chi connectivity index (χ3v) is 2.42. The fraction of sp³-hybridized carbons (Fsp3) is 0.364. The summed E-state index contributed by atoms with van der Waals surface area (Å²) in [5.74, 6) is 0.700. The van der Waals surface area contributed by atoms with Crippen LogP contribution in [0.2, 0.25) is 0 Å². The van der Waals surface area contributed by atoms with Gasteiger partial charge in [0.25, 0.3) is 0 Å². The number of hydrogen-bond acceptors (Lipinski definition) is 4. The zero-order valence-corrected chi connectivity index (χ0v) is 9.24. The van der Waals surface area contributed by atoms with Crippen molar-refractivity contribution in [2.45, 2.75) is 18.9 Å². The second kappa shape index (κ2) is 4.85. The normalized spacial score (nSPS) is 12.6. The fourth-order valence-corrected chi connectivity index (χ4v) is 1.55. The Hall–Kier alpha value is -1.75. The van der Waals surface area contributed by atoms with Crippen molar-refractivity contribution in [3.05, 3.63) is 42.2 Å². The maximum absolute atomic E-state index is 6.00. The van der Waals surface area contributed by atoms with Crippen LogP contribution in [-0.4, -0.2) is 19.7 Å². The molecule has 0 bridgehead atoms. The Bertz CT molecular complexity index is 437. The molecule has 2 heterocycles. The molecule has 2 rings (SSSR count). The lowest BCUT2D eigenvalue weighted by molar-refractivity contribution is 0.611. The molecule has 5 heteroatoms. The molecule has 84 valence electrons. The molecule has 0 saturated heterocycles. The zero-order chi connectivity index (χ0) is 11.4. The third kappa shape index (κ3) is 2.64. The second-order valence-electron chi connectivity index (χ2n) is 3.77. The molecule has 16 heavy (non-hydrogen) atoms. The van der Waals surface area contributed by atoms with Gasteiger partial charge in [0.05, 0.1) is 12.2 Å². The molecule has 2 aromatic heterocycles. The van der Waals surface area contributed by atoms with Gasteiger partial charge in [0.1, 0.15) is 5.82 Å². The second-order valence-corrected chi connectivity index (χ2v) is 3.77. The van der Waals surface area contributed by atoms with Crippen molar-refractivity contribution in [2.24, 2.45) is 12.8 Å². The van der Waals surface area contributed by atoms with Crippen LogP contribution in [0.15, 0.2) is 30.9 Å². The van der Waals surface area contributed by atoms with Gasteiger partial charge >= 0.3 is 0 Å². The van der Waals surface area contributed by atoms with Crippen LogP contribution < -0.4 is 5.73 Å². The topological polar surface area (TPSA) is 69.6 Å². The first-order chi connectivity index (χ1) is 7.75. The summed E-state index contributed by atoms with van der Waals surface area (Å²) in [5.41, 5.74) is 7.19. The molecule has 0 amide bonds. The first kappa shape index (κ1) is 10.8. The van der Waals surface area contributed by atoms with E-state index in [4.69, 9.17) is 5.73 Å². The standard InChI is InChI=1S/C11H15N5/c1-16-8-9(7-15-16)3-4-10(12)11-13-5-2-6-14-11/h2,5-8,10H,3-4,12H2,1H3. The van der Waals surface area contributed by atoms with Crippen molar-refractivity contribution < 1.29 is 0 Å². The Morgan fingerprint density at radius 3 is 2.75 bits per heavy atom. The number of hydrogen-bond donors (Lipinski definition) is 1. The van der Waals surface area contributed by atoms with Gasteiger partial charge in [-0.15, -0.1) is 0 Å². The van der Waals surface area contributed by atoms with E-state index < -0.39 is 0 Å². The van der Waals surface area contributed by atoms with E-state index in [0.29, 0.717) is 5.82 Å². The van der Waals surface area contributed by atoms with Crippen molar-refractivity contribution in [3.63, 3.8) is 0 Å². The first-order valence-corrected chi connectivity index (χ1v) is 5.26. The Morgan fingerprint density at radius 2 is 2.12 bits per heavy atom. The summed E-state index contributed by atoms with van der Waals surface area (Å²) >= 11 is 0. The summed E-state index contributed by atoms with van der Waals surface area (Å²) in [6.45, 7) is 0. The molecular weight excluding hydrogens is 202 g/mol. The lowest BCUT2D eigenvalue weighted by Gasteiger charge is -2.08. The lowest BCUT2D eigenvalue weighted by Crippen LogP contribution is -2.14. The molecule has 1 unspecified atom stereocenters. The maximum Gasteiger partial charge on any atom is 0.144 e. The van der Waals surface area contributed by atoms with Crippen LogP contribution in [0.4, 0.5) is 0 Å². The van der Waals surface area contributed by atoms with Crippen LogP contribution >= 0.6 is 0 Å². The van der Waals surface area contributed by atoms with Crippen LogP contribution in [0.5, 0.6) is 0 Å². The minimum atomic E-state index is -0.110. The van der Waals surface area contributed by atoms with Crippen LogP contribution in [0.1, 0.15) is 23.9 Å². The minimum absolute atomic E-state index is 0.110. The smallest absolute Gasteiger partial charge is 0.144 e. The average Bonchev–Trinajstić information content (AvgIpc) is 2.73. The Balaban J connectivity index is 1.91. The highest BCUT2D eigenvalue weighted by Crippen LogP contribution is 2.11. The van der Waals surface area contributed by atoms with Gasteiger partial charge in [0.2, 0.25) is 0 Å². The van der Waals surface area contributed by atoms with Crippen LogP contribution in [0.3, 0.4) is 0 Å². The Kier molecular flexibility index (Phi) is 3.26. The molecule has 0 aromatic carbocycles. The van der Waals surface area contributed by atoms with Crippen molar-refractivity contribution >= 4 is 0 Å². The molecule has 0 aliphatic heterocycles.